The second kappa shape index (κ2) is 8.64. The van der Waals surface area contributed by atoms with Gasteiger partial charge in [-0.15, -0.1) is 0 Å². The molecule has 130 valence electrons. The summed E-state index contributed by atoms with van der Waals surface area (Å²) in [6.45, 7) is 2.56. The van der Waals surface area contributed by atoms with Crippen LogP contribution in [0, 0.1) is 0 Å². The quantitative estimate of drug-likeness (QED) is 0.687. The number of carbonyl (C=O) groups is 2. The van der Waals surface area contributed by atoms with E-state index in [1.165, 1.54) is 7.11 Å². The molecule has 1 atom stereocenters. The Labute approximate surface area is 143 Å². The molecule has 0 bridgehead atoms. The molecule has 2 rings (SSSR count). The van der Waals surface area contributed by atoms with Gasteiger partial charge in [0.15, 0.2) is 0 Å². The third-order valence-electron chi connectivity index (χ3n) is 4.28. The number of amides is 1. The predicted molar refractivity (Wildman–Crippen MR) is 92.8 cm³/mol. The van der Waals surface area contributed by atoms with Crippen LogP contribution in [0.1, 0.15) is 32.6 Å². The first-order valence-electron chi connectivity index (χ1n) is 8.30. The molecule has 0 saturated carbocycles. The number of methoxy groups -OCH3 is 2. The molecule has 1 aliphatic rings. The second-order valence-corrected chi connectivity index (χ2v) is 5.80. The van der Waals surface area contributed by atoms with Crippen LogP contribution in [0.15, 0.2) is 41.5 Å². The van der Waals surface area contributed by atoms with Crippen molar-refractivity contribution in [3.63, 3.8) is 0 Å². The van der Waals surface area contributed by atoms with Crippen LogP contribution in [-0.4, -0.2) is 38.7 Å². The molecule has 5 heteroatoms. The molecule has 1 heterocycles. The molecule has 0 fully saturated rings. The van der Waals surface area contributed by atoms with E-state index in [1.807, 2.05) is 30.3 Å². The van der Waals surface area contributed by atoms with E-state index in [0.717, 1.165) is 29.7 Å². The average molecular weight is 331 g/mol. The van der Waals surface area contributed by atoms with E-state index in [9.17, 15) is 9.59 Å². The van der Waals surface area contributed by atoms with Crippen LogP contribution in [0.2, 0.25) is 0 Å². The number of rotatable bonds is 8. The van der Waals surface area contributed by atoms with Crippen LogP contribution in [0.4, 0.5) is 5.69 Å². The normalized spacial score (nSPS) is 17.5. The van der Waals surface area contributed by atoms with Gasteiger partial charge in [0.25, 0.3) is 5.91 Å². The summed E-state index contributed by atoms with van der Waals surface area (Å²) < 4.78 is 10.0. The summed E-state index contributed by atoms with van der Waals surface area (Å²) in [5.41, 5.74) is 2.61. The van der Waals surface area contributed by atoms with Crippen molar-refractivity contribution in [2.24, 2.45) is 0 Å². The molecule has 1 aliphatic heterocycles. The molecule has 0 N–H and O–H groups in total. The fourth-order valence-electron chi connectivity index (χ4n) is 3.18. The van der Waals surface area contributed by atoms with E-state index in [-0.39, 0.29) is 24.3 Å². The van der Waals surface area contributed by atoms with Crippen molar-refractivity contribution in [2.75, 3.05) is 25.7 Å². The maximum absolute atomic E-state index is 13.0. The second-order valence-electron chi connectivity index (χ2n) is 5.80. The molecule has 0 aliphatic carbocycles. The Hall–Kier alpha value is -2.14. The number of ether oxygens (including phenoxy) is 2. The zero-order valence-electron chi connectivity index (χ0n) is 14.6. The number of esters is 1. The number of anilines is 1. The highest BCUT2D eigenvalue weighted by atomic mass is 16.5. The largest absolute Gasteiger partial charge is 0.469 e. The highest BCUT2D eigenvalue weighted by Gasteiger charge is 2.40. The lowest BCUT2D eigenvalue weighted by Crippen LogP contribution is -2.37. The van der Waals surface area contributed by atoms with E-state index in [1.54, 1.807) is 12.0 Å². The maximum atomic E-state index is 13.0. The minimum absolute atomic E-state index is 0.0318. The van der Waals surface area contributed by atoms with Gasteiger partial charge in [-0.1, -0.05) is 31.5 Å². The van der Waals surface area contributed by atoms with Gasteiger partial charge >= 0.3 is 5.97 Å². The molecule has 0 saturated heterocycles. The van der Waals surface area contributed by atoms with Gasteiger partial charge in [0.1, 0.15) is 0 Å². The average Bonchev–Trinajstić information content (AvgIpc) is 2.85. The molecule has 1 amide bonds. The standard InChI is InChI=1S/C19H25NO4/c1-4-8-15-16(11-12-23-2)19(22)20(14-9-6-5-7-10-14)17(15)13-18(21)24-3/h5-7,9-10,17H,4,8,11-13H2,1-3H3. The first-order chi connectivity index (χ1) is 11.6. The third kappa shape index (κ3) is 3.85. The fraction of sp³-hybridized carbons (Fsp3) is 0.474. The van der Waals surface area contributed by atoms with Crippen LogP contribution in [0.25, 0.3) is 0 Å². The number of hydrogen-bond donors (Lipinski definition) is 0. The van der Waals surface area contributed by atoms with Crippen LogP contribution in [0.5, 0.6) is 0 Å². The summed E-state index contributed by atoms with van der Waals surface area (Å²) >= 11 is 0. The summed E-state index contributed by atoms with van der Waals surface area (Å²) in [6.07, 6.45) is 2.43. The lowest BCUT2D eigenvalue weighted by Gasteiger charge is -2.26. The van der Waals surface area contributed by atoms with Gasteiger partial charge in [-0.3, -0.25) is 9.59 Å². The van der Waals surface area contributed by atoms with E-state index in [0.29, 0.717) is 13.0 Å². The fourth-order valence-corrected chi connectivity index (χ4v) is 3.18. The van der Waals surface area contributed by atoms with Crippen LogP contribution >= 0.6 is 0 Å². The Morgan fingerprint density at radius 2 is 1.88 bits per heavy atom. The van der Waals surface area contributed by atoms with E-state index < -0.39 is 0 Å². The molecule has 0 aromatic heterocycles. The smallest absolute Gasteiger partial charge is 0.307 e. The molecule has 24 heavy (non-hydrogen) atoms. The van der Waals surface area contributed by atoms with Gasteiger partial charge in [-0.05, 0) is 24.1 Å². The first kappa shape index (κ1) is 18.2. The lowest BCUT2D eigenvalue weighted by molar-refractivity contribution is -0.140. The van der Waals surface area contributed by atoms with Crippen molar-refractivity contribution in [3.05, 3.63) is 41.5 Å². The summed E-state index contributed by atoms with van der Waals surface area (Å²) in [6, 6.07) is 9.20. The van der Waals surface area contributed by atoms with Gasteiger partial charge in [0, 0.05) is 24.8 Å². The molecule has 1 aromatic carbocycles. The van der Waals surface area contributed by atoms with Crippen LogP contribution in [0.3, 0.4) is 0 Å². The number of carbonyl (C=O) groups excluding carboxylic acids is 2. The van der Waals surface area contributed by atoms with Gasteiger partial charge in [-0.25, -0.2) is 0 Å². The number of nitrogens with zero attached hydrogens (tertiary/aromatic N) is 1. The first-order valence-corrected chi connectivity index (χ1v) is 8.30. The van der Waals surface area contributed by atoms with Crippen molar-refractivity contribution in [3.8, 4) is 0 Å². The van der Waals surface area contributed by atoms with Crippen molar-refractivity contribution >= 4 is 17.6 Å². The van der Waals surface area contributed by atoms with Gasteiger partial charge in [0.2, 0.25) is 0 Å². The van der Waals surface area contributed by atoms with Crippen LogP contribution < -0.4 is 4.90 Å². The predicted octanol–water partition coefficient (Wildman–Crippen LogP) is 3.10. The highest BCUT2D eigenvalue weighted by Crippen LogP contribution is 2.36. The van der Waals surface area contributed by atoms with Gasteiger partial charge in [-0.2, -0.15) is 0 Å². The van der Waals surface area contributed by atoms with Crippen molar-refractivity contribution < 1.29 is 19.1 Å². The third-order valence-corrected chi connectivity index (χ3v) is 4.28. The zero-order chi connectivity index (χ0) is 17.5. The maximum Gasteiger partial charge on any atom is 0.307 e. The minimum atomic E-state index is -0.310. The summed E-state index contributed by atoms with van der Waals surface area (Å²) in [4.78, 5) is 26.7. The molecule has 0 radical (unpaired) electrons. The molecule has 1 aromatic rings. The summed E-state index contributed by atoms with van der Waals surface area (Å²) in [5, 5.41) is 0. The molecular weight excluding hydrogens is 306 g/mol. The van der Waals surface area contributed by atoms with Crippen molar-refractivity contribution in [1.82, 2.24) is 0 Å². The van der Waals surface area contributed by atoms with E-state index in [2.05, 4.69) is 6.92 Å². The zero-order valence-corrected chi connectivity index (χ0v) is 14.6. The highest BCUT2D eigenvalue weighted by molar-refractivity contribution is 6.10. The number of hydrogen-bond acceptors (Lipinski definition) is 4. The summed E-state index contributed by atoms with van der Waals surface area (Å²) in [7, 11) is 3.00. The van der Waals surface area contributed by atoms with Gasteiger partial charge < -0.3 is 14.4 Å². The Bertz CT molecular complexity index is 609. The van der Waals surface area contributed by atoms with Crippen molar-refractivity contribution in [2.45, 2.75) is 38.6 Å². The molecule has 5 nitrogen and oxygen atoms in total. The Balaban J connectivity index is 2.43. The lowest BCUT2D eigenvalue weighted by atomic mass is 9.96. The molecule has 1 unspecified atom stereocenters. The van der Waals surface area contributed by atoms with Crippen molar-refractivity contribution in [1.29, 1.82) is 0 Å². The molecule has 0 spiro atoms. The number of para-hydroxylation sites is 1. The van der Waals surface area contributed by atoms with E-state index in [4.69, 9.17) is 9.47 Å². The van der Waals surface area contributed by atoms with E-state index >= 15 is 0 Å². The topological polar surface area (TPSA) is 55.8 Å². The van der Waals surface area contributed by atoms with Crippen LogP contribution in [-0.2, 0) is 19.1 Å². The number of benzene rings is 1. The Morgan fingerprint density at radius 1 is 1.17 bits per heavy atom. The Morgan fingerprint density at radius 3 is 2.46 bits per heavy atom. The SMILES string of the molecule is CCCC1=C(CCOC)C(=O)N(c2ccccc2)C1CC(=O)OC. The minimum Gasteiger partial charge on any atom is -0.469 e. The molecular formula is C19H25NO4. The monoisotopic (exact) mass is 331 g/mol. The van der Waals surface area contributed by atoms with Gasteiger partial charge in [0.05, 0.1) is 26.2 Å². The Kier molecular flexibility index (Phi) is 6.55. The summed E-state index contributed by atoms with van der Waals surface area (Å²) in [5.74, 6) is -0.342.